The van der Waals surface area contributed by atoms with E-state index in [1.165, 1.54) is 12.3 Å². The lowest BCUT2D eigenvalue weighted by atomic mass is 9.90. The molecule has 2 rings (SSSR count). The third kappa shape index (κ3) is 2.94. The van der Waals surface area contributed by atoms with Gasteiger partial charge in [0, 0.05) is 24.1 Å². The smallest absolute Gasteiger partial charge is 0.198 e. The lowest BCUT2D eigenvalue weighted by Crippen LogP contribution is -2.20. The number of rotatable bonds is 4. The van der Waals surface area contributed by atoms with Crippen molar-refractivity contribution >= 4 is 11.6 Å². The number of hydrogen-bond donors (Lipinski definition) is 2. The van der Waals surface area contributed by atoms with Crippen LogP contribution in [-0.4, -0.2) is 11.7 Å². The van der Waals surface area contributed by atoms with Crippen molar-refractivity contribution in [3.8, 4) is 0 Å². The fraction of sp³-hybridized carbons (Fsp3) is 0.231. The van der Waals surface area contributed by atoms with Crippen molar-refractivity contribution in [3.63, 3.8) is 0 Å². The van der Waals surface area contributed by atoms with Gasteiger partial charge in [0.1, 0.15) is 11.6 Å². The van der Waals surface area contributed by atoms with Crippen LogP contribution >= 0.6 is 11.6 Å². The highest BCUT2D eigenvalue weighted by molar-refractivity contribution is 6.29. The van der Waals surface area contributed by atoms with E-state index in [1.807, 2.05) is 0 Å². The maximum Gasteiger partial charge on any atom is 0.198 e. The van der Waals surface area contributed by atoms with E-state index in [9.17, 15) is 13.9 Å². The van der Waals surface area contributed by atoms with Crippen LogP contribution in [0.1, 0.15) is 23.1 Å². The largest absolute Gasteiger partial charge is 0.453 e. The maximum absolute atomic E-state index is 13.2. The summed E-state index contributed by atoms with van der Waals surface area (Å²) in [6.07, 6.45) is 0.220. The van der Waals surface area contributed by atoms with E-state index in [1.54, 1.807) is 0 Å². The molecule has 1 aromatic heterocycles. The van der Waals surface area contributed by atoms with Gasteiger partial charge < -0.3 is 15.3 Å². The van der Waals surface area contributed by atoms with Gasteiger partial charge in [0.2, 0.25) is 0 Å². The second kappa shape index (κ2) is 5.69. The Morgan fingerprint density at radius 1 is 1.26 bits per heavy atom. The molecule has 6 heteroatoms. The minimum absolute atomic E-state index is 0.00552. The van der Waals surface area contributed by atoms with Gasteiger partial charge in [-0.1, -0.05) is 0 Å². The zero-order valence-corrected chi connectivity index (χ0v) is 10.6. The van der Waals surface area contributed by atoms with Crippen molar-refractivity contribution in [2.45, 2.75) is 12.0 Å². The zero-order valence-electron chi connectivity index (χ0n) is 9.82. The highest BCUT2D eigenvalue weighted by Crippen LogP contribution is 2.34. The van der Waals surface area contributed by atoms with Gasteiger partial charge in [-0.25, -0.2) is 8.78 Å². The van der Waals surface area contributed by atoms with Crippen molar-refractivity contribution in [3.05, 3.63) is 58.5 Å². The van der Waals surface area contributed by atoms with Crippen molar-refractivity contribution in [1.29, 1.82) is 0 Å². The second-order valence-corrected chi connectivity index (χ2v) is 4.48. The van der Waals surface area contributed by atoms with Gasteiger partial charge in [-0.15, -0.1) is 0 Å². The summed E-state index contributed by atoms with van der Waals surface area (Å²) in [5, 5.41) is 10.2. The van der Waals surface area contributed by atoms with Crippen LogP contribution in [0.3, 0.4) is 0 Å². The predicted octanol–water partition coefficient (Wildman–Crippen LogP) is 2.99. The SMILES string of the molecule is NCC(c1cc(F)cc(F)c1)C(O)c1ccoc1Cl. The number of hydrogen-bond acceptors (Lipinski definition) is 3. The minimum atomic E-state index is -1.10. The third-order valence-electron chi connectivity index (χ3n) is 2.91. The fourth-order valence-corrected chi connectivity index (χ4v) is 2.19. The molecule has 19 heavy (non-hydrogen) atoms. The first kappa shape index (κ1) is 14.0. The lowest BCUT2D eigenvalue weighted by Gasteiger charge is -2.21. The topological polar surface area (TPSA) is 59.4 Å². The molecular weight excluding hydrogens is 276 g/mol. The number of furan rings is 1. The number of halogens is 3. The molecule has 1 heterocycles. The minimum Gasteiger partial charge on any atom is -0.453 e. The Morgan fingerprint density at radius 3 is 2.37 bits per heavy atom. The fourth-order valence-electron chi connectivity index (χ4n) is 1.97. The first-order chi connectivity index (χ1) is 9.02. The lowest BCUT2D eigenvalue weighted by molar-refractivity contribution is 0.146. The van der Waals surface area contributed by atoms with Crippen LogP contribution in [0.15, 0.2) is 34.9 Å². The van der Waals surface area contributed by atoms with E-state index in [-0.39, 0.29) is 17.3 Å². The number of benzene rings is 1. The third-order valence-corrected chi connectivity index (χ3v) is 3.22. The molecule has 3 nitrogen and oxygen atoms in total. The standard InChI is InChI=1S/C13H12ClF2NO2/c14-13-10(1-2-19-13)12(18)11(6-17)7-3-8(15)5-9(16)4-7/h1-5,11-12,18H,6,17H2. The average Bonchev–Trinajstić information content (AvgIpc) is 2.75. The van der Waals surface area contributed by atoms with E-state index >= 15 is 0 Å². The zero-order chi connectivity index (χ0) is 14.0. The van der Waals surface area contributed by atoms with Crippen LogP contribution in [0.5, 0.6) is 0 Å². The molecule has 0 spiro atoms. The van der Waals surface area contributed by atoms with E-state index in [0.29, 0.717) is 5.56 Å². The quantitative estimate of drug-likeness (QED) is 0.909. The number of nitrogens with two attached hydrogens (primary N) is 1. The summed E-state index contributed by atoms with van der Waals surface area (Å²) < 4.78 is 31.3. The molecule has 0 aliphatic rings. The molecule has 0 bridgehead atoms. The molecule has 0 aliphatic heterocycles. The average molecular weight is 288 g/mol. The van der Waals surface area contributed by atoms with Crippen LogP contribution in [-0.2, 0) is 0 Å². The Labute approximate surface area is 113 Å². The number of aliphatic hydroxyl groups is 1. The van der Waals surface area contributed by atoms with Crippen molar-refractivity contribution in [2.24, 2.45) is 5.73 Å². The second-order valence-electron chi connectivity index (χ2n) is 4.14. The maximum atomic E-state index is 13.2. The van der Waals surface area contributed by atoms with Gasteiger partial charge >= 0.3 is 0 Å². The van der Waals surface area contributed by atoms with Crippen LogP contribution in [0.25, 0.3) is 0 Å². The van der Waals surface area contributed by atoms with Crippen molar-refractivity contribution < 1.29 is 18.3 Å². The first-order valence-corrected chi connectivity index (χ1v) is 5.97. The summed E-state index contributed by atoms with van der Waals surface area (Å²) in [6.45, 7) is 0.00552. The Morgan fingerprint density at radius 2 is 1.89 bits per heavy atom. The van der Waals surface area contributed by atoms with E-state index in [4.69, 9.17) is 21.8 Å². The highest BCUT2D eigenvalue weighted by atomic mass is 35.5. The van der Waals surface area contributed by atoms with E-state index in [2.05, 4.69) is 0 Å². The summed E-state index contributed by atoms with van der Waals surface area (Å²) >= 11 is 5.77. The van der Waals surface area contributed by atoms with Crippen LogP contribution < -0.4 is 5.73 Å². The molecule has 3 N–H and O–H groups in total. The first-order valence-electron chi connectivity index (χ1n) is 5.60. The predicted molar refractivity (Wildman–Crippen MR) is 66.8 cm³/mol. The van der Waals surface area contributed by atoms with E-state index < -0.39 is 23.7 Å². The van der Waals surface area contributed by atoms with Gasteiger partial charge in [-0.3, -0.25) is 0 Å². The Balaban J connectivity index is 2.36. The van der Waals surface area contributed by atoms with Gasteiger partial charge in [0.25, 0.3) is 0 Å². The molecule has 0 aliphatic carbocycles. The van der Waals surface area contributed by atoms with Gasteiger partial charge in [0.15, 0.2) is 5.22 Å². The molecule has 2 unspecified atom stereocenters. The highest BCUT2D eigenvalue weighted by Gasteiger charge is 2.25. The van der Waals surface area contributed by atoms with Crippen LogP contribution in [0.2, 0.25) is 5.22 Å². The summed E-state index contributed by atoms with van der Waals surface area (Å²) in [6, 6.07) is 4.52. The van der Waals surface area contributed by atoms with Crippen LogP contribution in [0.4, 0.5) is 8.78 Å². The normalized spacial score (nSPS) is 14.4. The summed E-state index contributed by atoms with van der Waals surface area (Å²) in [5.74, 6) is -2.13. The van der Waals surface area contributed by atoms with E-state index in [0.717, 1.165) is 18.2 Å². The molecule has 1 aromatic carbocycles. The molecule has 2 atom stereocenters. The summed E-state index contributed by atoms with van der Waals surface area (Å²) in [7, 11) is 0. The summed E-state index contributed by atoms with van der Waals surface area (Å²) in [4.78, 5) is 0. The molecule has 102 valence electrons. The van der Waals surface area contributed by atoms with Gasteiger partial charge in [-0.05, 0) is 35.4 Å². The molecule has 0 amide bonds. The molecular formula is C13H12ClF2NO2. The Hall–Kier alpha value is -1.43. The van der Waals surface area contributed by atoms with Gasteiger partial charge in [0.05, 0.1) is 12.4 Å². The molecule has 0 saturated heterocycles. The Kier molecular flexibility index (Phi) is 4.19. The molecule has 0 fully saturated rings. The van der Waals surface area contributed by atoms with Gasteiger partial charge in [-0.2, -0.15) is 0 Å². The van der Waals surface area contributed by atoms with Crippen LogP contribution in [0, 0.1) is 11.6 Å². The number of aliphatic hydroxyl groups excluding tert-OH is 1. The van der Waals surface area contributed by atoms with Crippen molar-refractivity contribution in [1.82, 2.24) is 0 Å². The molecule has 0 saturated carbocycles. The van der Waals surface area contributed by atoms with Crippen molar-refractivity contribution in [2.75, 3.05) is 6.54 Å². The molecule has 2 aromatic rings. The monoisotopic (exact) mass is 287 g/mol. The summed E-state index contributed by atoms with van der Waals surface area (Å²) in [5.41, 5.74) is 6.19. The molecule has 0 radical (unpaired) electrons. The Bertz CT molecular complexity index is 553.